The van der Waals surface area contributed by atoms with Gasteiger partial charge >= 0.3 is 0 Å². The van der Waals surface area contributed by atoms with E-state index in [1.165, 1.54) is 0 Å². The molecule has 0 amide bonds. The van der Waals surface area contributed by atoms with Gasteiger partial charge in [-0.05, 0) is 37.4 Å². The van der Waals surface area contributed by atoms with Crippen LogP contribution in [0.1, 0.15) is 52.9 Å². The topological polar surface area (TPSA) is 26.3 Å². The standard InChI is InChI=1S/C16H28O2Si/c1-15(2,3)19(4,5)18-14-10-8-12-16(14)11-7-6-9-13(16)17/h8,12,14H,6-7,9-11H2,1-5H3/t14-,16-/m1/s1. The van der Waals surface area contributed by atoms with E-state index in [9.17, 15) is 4.79 Å². The van der Waals surface area contributed by atoms with Crippen LogP contribution in [-0.4, -0.2) is 20.2 Å². The lowest BCUT2D eigenvalue weighted by molar-refractivity contribution is -0.133. The molecule has 0 radical (unpaired) electrons. The fourth-order valence-corrected chi connectivity index (χ4v) is 4.37. The Morgan fingerprint density at radius 2 is 2.00 bits per heavy atom. The van der Waals surface area contributed by atoms with Gasteiger partial charge in [0.15, 0.2) is 8.32 Å². The van der Waals surface area contributed by atoms with Crippen molar-refractivity contribution in [2.24, 2.45) is 5.41 Å². The Labute approximate surface area is 118 Å². The summed E-state index contributed by atoms with van der Waals surface area (Å²) in [5.74, 6) is 0.413. The summed E-state index contributed by atoms with van der Waals surface area (Å²) >= 11 is 0. The Balaban J connectivity index is 2.19. The molecule has 2 rings (SSSR count). The summed E-state index contributed by atoms with van der Waals surface area (Å²) < 4.78 is 6.58. The Hall–Kier alpha value is -0.413. The highest BCUT2D eigenvalue weighted by atomic mass is 28.4. The molecule has 1 fully saturated rings. The maximum Gasteiger partial charge on any atom is 0.192 e. The second-order valence-electron chi connectivity index (χ2n) is 7.68. The van der Waals surface area contributed by atoms with Crippen LogP contribution in [0, 0.1) is 5.41 Å². The molecule has 0 unspecified atom stereocenters. The fourth-order valence-electron chi connectivity index (χ4n) is 3.00. The van der Waals surface area contributed by atoms with Crippen molar-refractivity contribution >= 4 is 14.1 Å². The van der Waals surface area contributed by atoms with Gasteiger partial charge in [-0.15, -0.1) is 0 Å². The van der Waals surface area contributed by atoms with E-state index < -0.39 is 8.32 Å². The van der Waals surface area contributed by atoms with Gasteiger partial charge in [-0.1, -0.05) is 39.3 Å². The van der Waals surface area contributed by atoms with E-state index in [-0.39, 0.29) is 16.6 Å². The van der Waals surface area contributed by atoms with Gasteiger partial charge < -0.3 is 4.43 Å². The average Bonchev–Trinajstić information content (AvgIpc) is 2.65. The lowest BCUT2D eigenvalue weighted by atomic mass is 9.71. The van der Waals surface area contributed by atoms with Gasteiger partial charge in [0.05, 0.1) is 11.5 Å². The first kappa shape index (κ1) is 15.0. The van der Waals surface area contributed by atoms with Gasteiger partial charge in [-0.25, -0.2) is 0 Å². The molecule has 2 aliphatic carbocycles. The monoisotopic (exact) mass is 280 g/mol. The van der Waals surface area contributed by atoms with Crippen LogP contribution < -0.4 is 0 Å². The molecule has 0 aromatic heterocycles. The maximum absolute atomic E-state index is 12.4. The smallest absolute Gasteiger partial charge is 0.192 e. The lowest BCUT2D eigenvalue weighted by Gasteiger charge is -2.44. The second-order valence-corrected chi connectivity index (χ2v) is 12.4. The maximum atomic E-state index is 12.4. The van der Waals surface area contributed by atoms with Crippen LogP contribution in [0.2, 0.25) is 18.1 Å². The second kappa shape index (κ2) is 4.85. The summed E-state index contributed by atoms with van der Waals surface area (Å²) in [7, 11) is -1.80. The summed E-state index contributed by atoms with van der Waals surface area (Å²) in [5.41, 5.74) is -0.284. The molecule has 0 aromatic carbocycles. The molecule has 0 N–H and O–H groups in total. The Kier molecular flexibility index (Phi) is 3.82. The van der Waals surface area contributed by atoms with Crippen molar-refractivity contribution in [3.05, 3.63) is 12.2 Å². The van der Waals surface area contributed by atoms with Crippen LogP contribution in [0.4, 0.5) is 0 Å². The zero-order valence-corrected chi connectivity index (χ0v) is 14.1. The largest absolute Gasteiger partial charge is 0.412 e. The minimum absolute atomic E-state index is 0.0983. The number of ketones is 1. The zero-order valence-electron chi connectivity index (χ0n) is 13.1. The quantitative estimate of drug-likeness (QED) is 0.551. The molecule has 108 valence electrons. The first-order valence-corrected chi connectivity index (χ1v) is 10.5. The molecular weight excluding hydrogens is 252 g/mol. The van der Waals surface area contributed by atoms with Gasteiger partial charge in [0.25, 0.3) is 0 Å². The van der Waals surface area contributed by atoms with Crippen molar-refractivity contribution in [2.75, 3.05) is 0 Å². The number of hydrogen-bond acceptors (Lipinski definition) is 2. The van der Waals surface area contributed by atoms with Crippen molar-refractivity contribution in [1.82, 2.24) is 0 Å². The Morgan fingerprint density at radius 1 is 1.32 bits per heavy atom. The van der Waals surface area contributed by atoms with Gasteiger partial charge in [-0.2, -0.15) is 0 Å². The highest BCUT2D eigenvalue weighted by Crippen LogP contribution is 2.47. The van der Waals surface area contributed by atoms with Gasteiger partial charge in [0.2, 0.25) is 0 Å². The van der Waals surface area contributed by atoms with Crippen LogP contribution >= 0.6 is 0 Å². The highest BCUT2D eigenvalue weighted by Gasteiger charge is 2.50. The molecule has 0 aliphatic heterocycles. The molecule has 3 heteroatoms. The van der Waals surface area contributed by atoms with Crippen LogP contribution in [-0.2, 0) is 9.22 Å². The third-order valence-electron chi connectivity index (χ3n) is 5.35. The Bertz CT molecular complexity index is 392. The molecule has 0 bridgehead atoms. The van der Waals surface area contributed by atoms with Crippen molar-refractivity contribution in [1.29, 1.82) is 0 Å². The third-order valence-corrected chi connectivity index (χ3v) is 9.83. The summed E-state index contributed by atoms with van der Waals surface area (Å²) in [5, 5.41) is 0.203. The molecular formula is C16H28O2Si. The minimum Gasteiger partial charge on any atom is -0.412 e. The van der Waals surface area contributed by atoms with E-state index in [0.717, 1.165) is 32.1 Å². The number of Topliss-reactive ketones (excluding diaryl/α,β-unsaturated/α-hetero) is 1. The van der Waals surface area contributed by atoms with Crippen molar-refractivity contribution in [3.8, 4) is 0 Å². The van der Waals surface area contributed by atoms with Crippen LogP contribution in [0.3, 0.4) is 0 Å². The molecule has 1 saturated carbocycles. The summed E-state index contributed by atoms with van der Waals surface area (Å²) in [4.78, 5) is 12.4. The van der Waals surface area contributed by atoms with E-state index in [0.29, 0.717) is 5.78 Å². The lowest BCUT2D eigenvalue weighted by Crippen LogP contribution is -2.50. The third kappa shape index (κ3) is 2.59. The summed E-state index contributed by atoms with van der Waals surface area (Å²) in [6.07, 6.45) is 9.28. The van der Waals surface area contributed by atoms with E-state index in [1.54, 1.807) is 0 Å². The first-order chi connectivity index (χ1) is 8.69. The summed E-state index contributed by atoms with van der Waals surface area (Å²) in [6, 6.07) is 0. The predicted octanol–water partition coefficient (Wildman–Crippen LogP) is 4.47. The van der Waals surface area contributed by atoms with E-state index in [1.807, 2.05) is 0 Å². The fraction of sp³-hybridized carbons (Fsp3) is 0.812. The van der Waals surface area contributed by atoms with Crippen LogP contribution in [0.15, 0.2) is 12.2 Å². The van der Waals surface area contributed by atoms with Crippen LogP contribution in [0.5, 0.6) is 0 Å². The zero-order chi connectivity index (χ0) is 14.3. The van der Waals surface area contributed by atoms with E-state index in [2.05, 4.69) is 46.0 Å². The minimum atomic E-state index is -1.80. The molecule has 1 spiro atoms. The molecule has 0 aromatic rings. The van der Waals surface area contributed by atoms with Crippen molar-refractivity contribution in [2.45, 2.75) is 77.1 Å². The average molecular weight is 280 g/mol. The molecule has 0 heterocycles. The number of carbonyl (C=O) groups excluding carboxylic acids is 1. The number of hydrogen-bond donors (Lipinski definition) is 0. The van der Waals surface area contributed by atoms with Crippen molar-refractivity contribution < 1.29 is 9.22 Å². The van der Waals surface area contributed by atoms with E-state index >= 15 is 0 Å². The van der Waals surface area contributed by atoms with Gasteiger partial charge in [0, 0.05) is 6.42 Å². The Morgan fingerprint density at radius 3 is 2.58 bits per heavy atom. The molecule has 19 heavy (non-hydrogen) atoms. The molecule has 2 nitrogen and oxygen atoms in total. The summed E-state index contributed by atoms with van der Waals surface area (Å²) in [6.45, 7) is 11.4. The first-order valence-electron chi connectivity index (χ1n) is 7.58. The SMILES string of the molecule is CC(C)(C)[Si](C)(C)O[C@@H]1CC=C[C@@]12CCCCC2=O. The predicted molar refractivity (Wildman–Crippen MR) is 81.7 cm³/mol. The van der Waals surface area contributed by atoms with E-state index in [4.69, 9.17) is 4.43 Å². The number of rotatable bonds is 2. The molecule has 0 saturated heterocycles. The van der Waals surface area contributed by atoms with Gasteiger partial charge in [0.1, 0.15) is 5.78 Å². The molecule has 2 atom stereocenters. The van der Waals surface area contributed by atoms with Crippen molar-refractivity contribution in [3.63, 3.8) is 0 Å². The normalized spacial score (nSPS) is 32.3. The van der Waals surface area contributed by atoms with Gasteiger partial charge in [-0.3, -0.25) is 4.79 Å². The number of carbonyl (C=O) groups is 1. The molecule has 2 aliphatic rings. The van der Waals surface area contributed by atoms with Crippen LogP contribution in [0.25, 0.3) is 0 Å². The highest BCUT2D eigenvalue weighted by molar-refractivity contribution is 6.74.